The zero-order valence-corrected chi connectivity index (χ0v) is 24.6. The molecule has 1 aromatic heterocycles. The fraction of sp³-hybridized carbons (Fsp3) is 0.300. The molecular formula is C30H32FN6O5S-. The van der Waals surface area contributed by atoms with Crippen LogP contribution in [-0.2, 0) is 22.4 Å². The molecule has 2 amide bonds. The average Bonchev–Trinajstić information content (AvgIpc) is 3.03. The highest BCUT2D eigenvalue weighted by atomic mass is 32.2. The number of anilines is 2. The largest absolute Gasteiger partial charge is 0.760 e. The second-order valence-electron chi connectivity index (χ2n) is 9.84. The zero-order chi connectivity index (χ0) is 30.3. The van der Waals surface area contributed by atoms with E-state index < -0.39 is 11.3 Å². The number of hydrogen-bond acceptors (Lipinski definition) is 8. The van der Waals surface area contributed by atoms with Crippen LogP contribution in [0.4, 0.5) is 20.7 Å². The lowest BCUT2D eigenvalue weighted by Crippen LogP contribution is -2.37. The van der Waals surface area contributed by atoms with Crippen molar-refractivity contribution >= 4 is 39.7 Å². The molecule has 1 aliphatic rings. The zero-order valence-electron chi connectivity index (χ0n) is 23.8. The number of benzene rings is 3. The first kappa shape index (κ1) is 30.3. The summed E-state index contributed by atoms with van der Waals surface area (Å²) >= 11 is -2.35. The number of ether oxygens (including phenoxy) is 2. The third-order valence-electron chi connectivity index (χ3n) is 7.14. The Labute approximate surface area is 251 Å². The highest BCUT2D eigenvalue weighted by molar-refractivity contribution is 7.77. The molecule has 0 radical (unpaired) electrons. The maximum absolute atomic E-state index is 15.8. The number of amides is 2. The number of morpholine rings is 1. The van der Waals surface area contributed by atoms with Crippen LogP contribution in [0.3, 0.4) is 0 Å². The smallest absolute Gasteiger partial charge is 0.318 e. The summed E-state index contributed by atoms with van der Waals surface area (Å²) in [6.45, 7) is 2.56. The molecule has 226 valence electrons. The minimum Gasteiger partial charge on any atom is -0.760 e. The summed E-state index contributed by atoms with van der Waals surface area (Å²) in [6.07, 6.45) is 0.827. The van der Waals surface area contributed by atoms with Crippen molar-refractivity contribution in [2.75, 3.05) is 57.2 Å². The van der Waals surface area contributed by atoms with Crippen LogP contribution in [0.25, 0.3) is 33.4 Å². The van der Waals surface area contributed by atoms with Crippen molar-refractivity contribution in [2.45, 2.75) is 12.8 Å². The molecule has 13 heteroatoms. The van der Waals surface area contributed by atoms with Gasteiger partial charge in [0.15, 0.2) is 5.82 Å². The normalized spacial score (nSPS) is 14.0. The van der Waals surface area contributed by atoms with E-state index >= 15 is 4.39 Å². The number of nitrogens with zero attached hydrogens (tertiary/aromatic N) is 3. The van der Waals surface area contributed by atoms with Gasteiger partial charge in [-0.1, -0.05) is 18.2 Å². The first-order valence-electron chi connectivity index (χ1n) is 13.8. The number of nitrogens with one attached hydrogen (secondary N) is 3. The summed E-state index contributed by atoms with van der Waals surface area (Å²) in [5.41, 5.74) is 3.45. The van der Waals surface area contributed by atoms with E-state index in [1.165, 1.54) is 0 Å². The highest BCUT2D eigenvalue weighted by Gasteiger charge is 2.22. The fourth-order valence-electron chi connectivity index (χ4n) is 4.97. The Bertz CT molecular complexity index is 1630. The van der Waals surface area contributed by atoms with Crippen molar-refractivity contribution in [3.63, 3.8) is 0 Å². The number of methoxy groups -OCH3 is 1. The summed E-state index contributed by atoms with van der Waals surface area (Å²) < 4.78 is 51.0. The summed E-state index contributed by atoms with van der Waals surface area (Å²) in [5.74, 6) is 1.26. The standard InChI is InChI=1S/C30H33FN6O5S/c1-32-30(38)34-22-10-8-20(9-11-22)28-35-27-24(29(36-28)37-13-15-42-16-14-37)17-21(18-25(27)41-2)23-7-3-5-19(26(23)31)6-4-12-33-43(39)40/h3,5,7-11,17-18,33H,4,6,12-16H2,1-2H3,(H,39,40)(H2,32,34,38)/p-1. The van der Waals surface area contributed by atoms with Gasteiger partial charge >= 0.3 is 6.03 Å². The number of urea groups is 1. The van der Waals surface area contributed by atoms with E-state index in [0.717, 1.165) is 5.56 Å². The van der Waals surface area contributed by atoms with E-state index in [1.54, 1.807) is 50.6 Å². The Kier molecular flexibility index (Phi) is 9.77. The van der Waals surface area contributed by atoms with Crippen LogP contribution < -0.4 is 25.0 Å². The maximum Gasteiger partial charge on any atom is 0.318 e. The maximum atomic E-state index is 15.8. The Morgan fingerprint density at radius 3 is 2.58 bits per heavy atom. The SMILES string of the molecule is CNC(=O)Nc1ccc(-c2nc(N3CCOCC3)c3cc(-c4cccc(CCCNS(=O)[O-])c4F)cc(OC)c3n2)cc1. The summed E-state index contributed by atoms with van der Waals surface area (Å²) in [5, 5.41) is 5.97. The van der Waals surface area contributed by atoms with Crippen molar-refractivity contribution < 1.29 is 27.4 Å². The fourth-order valence-corrected chi connectivity index (χ4v) is 5.28. The van der Waals surface area contributed by atoms with Crippen molar-refractivity contribution in [3.05, 3.63) is 66.0 Å². The second kappa shape index (κ2) is 13.9. The van der Waals surface area contributed by atoms with Crippen LogP contribution in [-0.4, -0.2) is 71.8 Å². The lowest BCUT2D eigenvalue weighted by atomic mass is 9.98. The van der Waals surface area contributed by atoms with Gasteiger partial charge in [0.05, 0.1) is 20.3 Å². The third kappa shape index (κ3) is 7.08. The van der Waals surface area contributed by atoms with E-state index in [4.69, 9.17) is 19.4 Å². The molecule has 1 atom stereocenters. The first-order chi connectivity index (χ1) is 20.9. The minimum atomic E-state index is -2.35. The lowest BCUT2D eigenvalue weighted by Gasteiger charge is -2.29. The molecule has 1 saturated heterocycles. The molecule has 0 bridgehead atoms. The molecule has 0 spiro atoms. The molecule has 1 aliphatic heterocycles. The Balaban J connectivity index is 1.58. The van der Waals surface area contributed by atoms with Gasteiger partial charge in [0.25, 0.3) is 0 Å². The first-order valence-corrected chi connectivity index (χ1v) is 14.9. The number of carbonyl (C=O) groups excluding carboxylic acids is 1. The molecule has 2 heterocycles. The second-order valence-corrected chi connectivity index (χ2v) is 10.6. The molecule has 0 aliphatic carbocycles. The quantitative estimate of drug-likeness (QED) is 0.181. The summed E-state index contributed by atoms with van der Waals surface area (Å²) in [6, 6.07) is 15.8. The van der Waals surface area contributed by atoms with Gasteiger partial charge in [-0.25, -0.2) is 23.9 Å². The molecule has 0 saturated carbocycles. The van der Waals surface area contributed by atoms with E-state index in [1.807, 2.05) is 18.2 Å². The number of aryl methyl sites for hydroxylation is 1. The average molecular weight is 608 g/mol. The number of carbonyl (C=O) groups is 1. The van der Waals surface area contributed by atoms with Gasteiger partial charge in [-0.15, -0.1) is 0 Å². The molecule has 4 aromatic rings. The highest BCUT2D eigenvalue weighted by Crippen LogP contribution is 2.38. The lowest BCUT2D eigenvalue weighted by molar-refractivity contribution is 0.122. The van der Waals surface area contributed by atoms with Crippen LogP contribution in [0.1, 0.15) is 12.0 Å². The van der Waals surface area contributed by atoms with Crippen LogP contribution in [0.15, 0.2) is 54.6 Å². The Morgan fingerprint density at radius 1 is 1.12 bits per heavy atom. The number of rotatable bonds is 10. The van der Waals surface area contributed by atoms with Gasteiger partial charge in [-0.2, -0.15) is 0 Å². The van der Waals surface area contributed by atoms with Gasteiger partial charge in [0, 0.05) is 60.1 Å². The van der Waals surface area contributed by atoms with E-state index in [0.29, 0.717) is 89.8 Å². The van der Waals surface area contributed by atoms with Crippen molar-refractivity contribution in [1.82, 2.24) is 20.0 Å². The van der Waals surface area contributed by atoms with Crippen molar-refractivity contribution in [2.24, 2.45) is 0 Å². The molecule has 3 N–H and O–H groups in total. The van der Waals surface area contributed by atoms with Gasteiger partial charge in [-0.3, -0.25) is 4.21 Å². The predicted octanol–water partition coefficient (Wildman–Crippen LogP) is 4.02. The number of hydrogen-bond donors (Lipinski definition) is 3. The van der Waals surface area contributed by atoms with Gasteiger partial charge < -0.3 is 29.6 Å². The number of aromatic nitrogens is 2. The van der Waals surface area contributed by atoms with Gasteiger partial charge in [-0.05, 0) is 60.4 Å². The summed E-state index contributed by atoms with van der Waals surface area (Å²) in [7, 11) is 3.10. The molecule has 11 nitrogen and oxygen atoms in total. The molecule has 5 rings (SSSR count). The molecule has 1 fully saturated rings. The molecule has 1 unspecified atom stereocenters. The number of halogens is 1. The Hall–Kier alpha value is -4.17. The van der Waals surface area contributed by atoms with Crippen LogP contribution in [0.2, 0.25) is 0 Å². The van der Waals surface area contributed by atoms with Gasteiger partial charge in [0.1, 0.15) is 22.9 Å². The monoisotopic (exact) mass is 607 g/mol. The minimum absolute atomic E-state index is 0.222. The summed E-state index contributed by atoms with van der Waals surface area (Å²) in [4.78, 5) is 23.7. The number of fused-ring (bicyclic) bond motifs is 1. The third-order valence-corrected chi connectivity index (χ3v) is 7.58. The molecule has 43 heavy (non-hydrogen) atoms. The van der Waals surface area contributed by atoms with Crippen LogP contribution in [0.5, 0.6) is 5.75 Å². The van der Waals surface area contributed by atoms with Crippen molar-refractivity contribution in [1.29, 1.82) is 0 Å². The van der Waals surface area contributed by atoms with Crippen molar-refractivity contribution in [3.8, 4) is 28.3 Å². The van der Waals surface area contributed by atoms with Crippen LogP contribution in [0, 0.1) is 5.82 Å². The van der Waals surface area contributed by atoms with E-state index in [9.17, 15) is 13.6 Å². The van der Waals surface area contributed by atoms with Crippen LogP contribution >= 0.6 is 0 Å². The van der Waals surface area contributed by atoms with E-state index in [2.05, 4.69) is 20.3 Å². The molecular weight excluding hydrogens is 575 g/mol. The van der Waals surface area contributed by atoms with E-state index in [-0.39, 0.29) is 18.4 Å². The predicted molar refractivity (Wildman–Crippen MR) is 163 cm³/mol. The molecule has 3 aromatic carbocycles. The van der Waals surface area contributed by atoms with Gasteiger partial charge in [0.2, 0.25) is 0 Å². The topological polar surface area (TPSA) is 141 Å². The Morgan fingerprint density at radius 2 is 1.88 bits per heavy atom.